The summed E-state index contributed by atoms with van der Waals surface area (Å²) >= 11 is 5.88. The maximum Gasteiger partial charge on any atom is 0.274 e. The van der Waals surface area contributed by atoms with E-state index >= 15 is 0 Å². The van der Waals surface area contributed by atoms with Gasteiger partial charge in [0.25, 0.3) is 11.8 Å². The largest absolute Gasteiger partial charge is 0.352 e. The van der Waals surface area contributed by atoms with E-state index < -0.39 is 5.91 Å². The third kappa shape index (κ3) is 5.07. The number of pyridine rings is 1. The molecule has 0 unspecified atom stereocenters. The number of hydrogen-bond acceptors (Lipinski definition) is 3. The summed E-state index contributed by atoms with van der Waals surface area (Å²) in [4.78, 5) is 28.3. The number of nitrogens with zero attached hydrogens (tertiary/aromatic N) is 1. The highest BCUT2D eigenvalue weighted by molar-refractivity contribution is 6.30. The van der Waals surface area contributed by atoms with Crippen LogP contribution in [0.5, 0.6) is 0 Å². The van der Waals surface area contributed by atoms with Crippen LogP contribution in [-0.2, 0) is 0 Å². The third-order valence-electron chi connectivity index (χ3n) is 3.01. The fourth-order valence-electron chi connectivity index (χ4n) is 1.86. The van der Waals surface area contributed by atoms with Crippen molar-refractivity contribution in [3.63, 3.8) is 0 Å². The van der Waals surface area contributed by atoms with E-state index in [9.17, 15) is 9.59 Å². The lowest BCUT2D eigenvalue weighted by atomic mass is 10.2. The van der Waals surface area contributed by atoms with Gasteiger partial charge in [0, 0.05) is 29.0 Å². The normalized spacial score (nSPS) is 10.4. The smallest absolute Gasteiger partial charge is 0.274 e. The second-order valence-electron chi connectivity index (χ2n) is 5.50. The molecular weight excluding hydrogens is 314 g/mol. The molecule has 1 heterocycles. The molecule has 0 saturated heterocycles. The number of hydrogen-bond donors (Lipinski definition) is 2. The average molecular weight is 332 g/mol. The zero-order valence-electron chi connectivity index (χ0n) is 13.0. The zero-order chi connectivity index (χ0) is 16.8. The average Bonchev–Trinajstić information content (AvgIpc) is 2.52. The zero-order valence-corrected chi connectivity index (χ0v) is 13.7. The number of benzene rings is 1. The van der Waals surface area contributed by atoms with Gasteiger partial charge in [-0.15, -0.1) is 0 Å². The van der Waals surface area contributed by atoms with Crippen molar-refractivity contribution in [2.45, 2.75) is 13.8 Å². The van der Waals surface area contributed by atoms with Crippen LogP contribution in [-0.4, -0.2) is 23.3 Å². The Balaban J connectivity index is 2.09. The molecule has 0 aliphatic carbocycles. The van der Waals surface area contributed by atoms with Gasteiger partial charge in [0.2, 0.25) is 0 Å². The lowest BCUT2D eigenvalue weighted by Crippen LogP contribution is -2.27. The van der Waals surface area contributed by atoms with E-state index in [1.165, 1.54) is 12.3 Å². The Hall–Kier alpha value is -2.40. The predicted molar refractivity (Wildman–Crippen MR) is 90.8 cm³/mol. The summed E-state index contributed by atoms with van der Waals surface area (Å²) in [5, 5.41) is 6.03. The summed E-state index contributed by atoms with van der Waals surface area (Å²) in [6.45, 7) is 4.60. The van der Waals surface area contributed by atoms with Gasteiger partial charge in [-0.3, -0.25) is 14.6 Å². The highest BCUT2D eigenvalue weighted by Gasteiger charge is 2.12. The highest BCUT2D eigenvalue weighted by Crippen LogP contribution is 2.15. The number of halogens is 1. The van der Waals surface area contributed by atoms with Crippen molar-refractivity contribution in [2.75, 3.05) is 11.9 Å². The monoisotopic (exact) mass is 331 g/mol. The van der Waals surface area contributed by atoms with Crippen LogP contribution in [0.15, 0.2) is 42.6 Å². The molecule has 120 valence electrons. The number of amides is 2. The highest BCUT2D eigenvalue weighted by atomic mass is 35.5. The second kappa shape index (κ2) is 7.74. The number of carbonyl (C=O) groups is 2. The standard InChI is InChI=1S/C17H18ClN3O2/c1-11(2)10-20-16(22)12-6-7-19-15(8-12)17(23)21-14-5-3-4-13(18)9-14/h3-9,11H,10H2,1-2H3,(H,20,22)(H,21,23). The number of nitrogens with one attached hydrogen (secondary N) is 2. The molecule has 6 heteroatoms. The summed E-state index contributed by atoms with van der Waals surface area (Å²) in [6, 6.07) is 9.86. The lowest BCUT2D eigenvalue weighted by Gasteiger charge is -2.09. The minimum absolute atomic E-state index is 0.169. The third-order valence-corrected chi connectivity index (χ3v) is 3.24. The van der Waals surface area contributed by atoms with Crippen LogP contribution in [0, 0.1) is 5.92 Å². The fourth-order valence-corrected chi connectivity index (χ4v) is 2.05. The molecule has 0 saturated carbocycles. The van der Waals surface area contributed by atoms with Crippen molar-refractivity contribution in [1.82, 2.24) is 10.3 Å². The number of aromatic nitrogens is 1. The molecule has 2 N–H and O–H groups in total. The van der Waals surface area contributed by atoms with Gasteiger partial charge in [-0.2, -0.15) is 0 Å². The molecule has 0 fully saturated rings. The van der Waals surface area contributed by atoms with Crippen LogP contribution < -0.4 is 10.6 Å². The molecular formula is C17H18ClN3O2. The van der Waals surface area contributed by atoms with Gasteiger partial charge in [-0.25, -0.2) is 0 Å². The number of rotatable bonds is 5. The minimum atomic E-state index is -0.397. The summed E-state index contributed by atoms with van der Waals surface area (Å²) in [5.41, 5.74) is 1.14. The molecule has 2 aromatic rings. The van der Waals surface area contributed by atoms with Crippen molar-refractivity contribution in [2.24, 2.45) is 5.92 Å². The number of anilines is 1. The van der Waals surface area contributed by atoms with Gasteiger partial charge < -0.3 is 10.6 Å². The molecule has 0 radical (unpaired) electrons. The Morgan fingerprint density at radius 2 is 1.96 bits per heavy atom. The molecule has 0 spiro atoms. The Bertz CT molecular complexity index is 716. The lowest BCUT2D eigenvalue weighted by molar-refractivity contribution is 0.0949. The molecule has 1 aromatic carbocycles. The van der Waals surface area contributed by atoms with Gasteiger partial charge in [-0.05, 0) is 36.2 Å². The van der Waals surface area contributed by atoms with Crippen molar-refractivity contribution in [3.8, 4) is 0 Å². The summed E-state index contributed by atoms with van der Waals surface area (Å²) in [7, 11) is 0. The quantitative estimate of drug-likeness (QED) is 0.882. The topological polar surface area (TPSA) is 71.1 Å². The summed E-state index contributed by atoms with van der Waals surface area (Å²) in [5.74, 6) is -0.268. The Morgan fingerprint density at radius 1 is 1.17 bits per heavy atom. The van der Waals surface area contributed by atoms with Crippen LogP contribution in [0.25, 0.3) is 0 Å². The van der Waals surface area contributed by atoms with E-state index in [0.29, 0.717) is 28.7 Å². The first-order valence-corrected chi connectivity index (χ1v) is 7.64. The van der Waals surface area contributed by atoms with E-state index in [-0.39, 0.29) is 11.6 Å². The van der Waals surface area contributed by atoms with Gasteiger partial charge in [0.15, 0.2) is 0 Å². The van der Waals surface area contributed by atoms with Crippen molar-refractivity contribution < 1.29 is 9.59 Å². The van der Waals surface area contributed by atoms with E-state index in [0.717, 1.165) is 0 Å². The van der Waals surface area contributed by atoms with E-state index in [4.69, 9.17) is 11.6 Å². The summed E-state index contributed by atoms with van der Waals surface area (Å²) < 4.78 is 0. The van der Waals surface area contributed by atoms with Gasteiger partial charge in [-0.1, -0.05) is 31.5 Å². The molecule has 0 bridgehead atoms. The van der Waals surface area contributed by atoms with Crippen LogP contribution in [0.3, 0.4) is 0 Å². The summed E-state index contributed by atoms with van der Waals surface area (Å²) in [6.07, 6.45) is 1.44. The fraction of sp³-hybridized carbons (Fsp3) is 0.235. The second-order valence-corrected chi connectivity index (χ2v) is 5.93. The van der Waals surface area contributed by atoms with Gasteiger partial charge in [0.05, 0.1) is 0 Å². The maximum absolute atomic E-state index is 12.2. The first-order valence-electron chi connectivity index (χ1n) is 7.27. The van der Waals surface area contributed by atoms with Crippen molar-refractivity contribution >= 4 is 29.1 Å². The predicted octanol–water partition coefficient (Wildman–Crippen LogP) is 3.37. The van der Waals surface area contributed by atoms with Crippen LogP contribution in [0.1, 0.15) is 34.7 Å². The van der Waals surface area contributed by atoms with Crippen molar-refractivity contribution in [1.29, 1.82) is 0 Å². The van der Waals surface area contributed by atoms with E-state index in [2.05, 4.69) is 15.6 Å². The first kappa shape index (κ1) is 17.0. The Morgan fingerprint density at radius 3 is 2.65 bits per heavy atom. The SMILES string of the molecule is CC(C)CNC(=O)c1ccnc(C(=O)Nc2cccc(Cl)c2)c1. The van der Waals surface area contributed by atoms with Gasteiger partial charge in [0.1, 0.15) is 5.69 Å². The molecule has 5 nitrogen and oxygen atoms in total. The number of carbonyl (C=O) groups excluding carboxylic acids is 2. The van der Waals surface area contributed by atoms with E-state index in [1.807, 2.05) is 13.8 Å². The van der Waals surface area contributed by atoms with Crippen LogP contribution in [0.4, 0.5) is 5.69 Å². The van der Waals surface area contributed by atoms with Gasteiger partial charge >= 0.3 is 0 Å². The first-order chi connectivity index (χ1) is 11.0. The molecule has 2 rings (SSSR count). The minimum Gasteiger partial charge on any atom is -0.352 e. The molecule has 1 aromatic heterocycles. The Kier molecular flexibility index (Phi) is 5.71. The Labute approximate surface area is 140 Å². The molecule has 23 heavy (non-hydrogen) atoms. The van der Waals surface area contributed by atoms with Crippen LogP contribution >= 0.6 is 11.6 Å². The van der Waals surface area contributed by atoms with Crippen molar-refractivity contribution in [3.05, 3.63) is 58.9 Å². The van der Waals surface area contributed by atoms with E-state index in [1.54, 1.807) is 30.3 Å². The maximum atomic E-state index is 12.2. The van der Waals surface area contributed by atoms with Crippen LogP contribution in [0.2, 0.25) is 5.02 Å². The molecule has 0 aliphatic rings. The molecule has 2 amide bonds. The molecule has 0 atom stereocenters. The molecule has 0 aliphatic heterocycles.